The van der Waals surface area contributed by atoms with E-state index in [0.29, 0.717) is 11.1 Å². The lowest BCUT2D eigenvalue weighted by Gasteiger charge is -2.18. The Morgan fingerprint density at radius 1 is 1.13 bits per heavy atom. The minimum atomic E-state index is -0.304. The van der Waals surface area contributed by atoms with Gasteiger partial charge < -0.3 is 4.90 Å². The summed E-state index contributed by atoms with van der Waals surface area (Å²) in [6.07, 6.45) is 3.53. The van der Waals surface area contributed by atoms with Crippen LogP contribution in [0.5, 0.6) is 0 Å². The summed E-state index contributed by atoms with van der Waals surface area (Å²) in [6.45, 7) is 0.229. The number of hydrogen-bond acceptors (Lipinski definition) is 2. The molecule has 1 aromatic heterocycles. The van der Waals surface area contributed by atoms with Crippen LogP contribution in [0, 0.1) is 5.82 Å². The highest BCUT2D eigenvalue weighted by molar-refractivity contribution is 5.94. The number of halogens is 1. The molecule has 0 aliphatic rings. The number of aromatic nitrogens is 2. The zero-order valence-electron chi connectivity index (χ0n) is 12.7. The Morgan fingerprint density at radius 3 is 2.52 bits per heavy atom. The molecule has 2 aromatic carbocycles. The third kappa shape index (κ3) is 3.29. The lowest BCUT2D eigenvalue weighted by molar-refractivity contribution is 0.0784. The van der Waals surface area contributed by atoms with Crippen molar-refractivity contribution in [3.05, 3.63) is 83.9 Å². The molecule has 0 N–H and O–H groups in total. The van der Waals surface area contributed by atoms with Crippen LogP contribution >= 0.6 is 0 Å². The topological polar surface area (TPSA) is 38.1 Å². The molecule has 116 valence electrons. The van der Waals surface area contributed by atoms with Gasteiger partial charge in [-0.3, -0.25) is 4.79 Å². The van der Waals surface area contributed by atoms with Gasteiger partial charge in [0.05, 0.1) is 5.69 Å². The zero-order chi connectivity index (χ0) is 16.2. The lowest BCUT2D eigenvalue weighted by atomic mass is 10.1. The number of nitrogens with zero attached hydrogens (tertiary/aromatic N) is 3. The van der Waals surface area contributed by atoms with Gasteiger partial charge in [0, 0.05) is 37.1 Å². The van der Waals surface area contributed by atoms with E-state index in [1.807, 2.05) is 24.4 Å². The predicted octanol–water partition coefficient (Wildman–Crippen LogP) is 3.28. The van der Waals surface area contributed by atoms with Gasteiger partial charge in [0.25, 0.3) is 5.91 Å². The summed E-state index contributed by atoms with van der Waals surface area (Å²) in [7, 11) is 1.66. The minimum absolute atomic E-state index is 0.153. The summed E-state index contributed by atoms with van der Waals surface area (Å²) in [5.74, 6) is -0.457. The monoisotopic (exact) mass is 309 g/mol. The third-order valence-corrected chi connectivity index (χ3v) is 3.60. The summed E-state index contributed by atoms with van der Waals surface area (Å²) >= 11 is 0. The first kappa shape index (κ1) is 15.0. The molecule has 0 saturated heterocycles. The molecule has 0 spiro atoms. The van der Waals surface area contributed by atoms with E-state index in [1.54, 1.807) is 48.3 Å². The highest BCUT2D eigenvalue weighted by Gasteiger charge is 2.13. The Morgan fingerprint density at radius 2 is 1.87 bits per heavy atom. The highest BCUT2D eigenvalue weighted by Crippen LogP contribution is 2.13. The fourth-order valence-corrected chi connectivity index (χ4v) is 2.35. The van der Waals surface area contributed by atoms with E-state index >= 15 is 0 Å². The Labute approximate surface area is 133 Å². The van der Waals surface area contributed by atoms with Crippen LogP contribution in [0.2, 0.25) is 0 Å². The average molecular weight is 309 g/mol. The van der Waals surface area contributed by atoms with Crippen molar-refractivity contribution in [3.63, 3.8) is 0 Å². The van der Waals surface area contributed by atoms with Gasteiger partial charge >= 0.3 is 0 Å². The molecule has 0 atom stereocenters. The summed E-state index contributed by atoms with van der Waals surface area (Å²) in [5, 5.41) is 4.14. The Kier molecular flexibility index (Phi) is 4.19. The second-order valence-corrected chi connectivity index (χ2v) is 5.25. The molecule has 4 nitrogen and oxygen atoms in total. The standard InChI is InChI=1S/C18H16FN3O/c1-21(13-15-5-2-3-6-17(15)19)18(23)14-7-9-16(10-8-14)22-12-4-11-20-22/h2-12H,13H2,1H3. The van der Waals surface area contributed by atoms with Crippen molar-refractivity contribution in [1.82, 2.24) is 14.7 Å². The maximum absolute atomic E-state index is 13.7. The largest absolute Gasteiger partial charge is 0.337 e. The van der Waals surface area contributed by atoms with Crippen LogP contribution in [-0.2, 0) is 6.54 Å². The van der Waals surface area contributed by atoms with Crippen LogP contribution < -0.4 is 0 Å². The normalized spacial score (nSPS) is 10.5. The SMILES string of the molecule is CN(Cc1ccccc1F)C(=O)c1ccc(-n2cccn2)cc1. The van der Waals surface area contributed by atoms with Crippen LogP contribution in [0.3, 0.4) is 0 Å². The van der Waals surface area contributed by atoms with E-state index in [0.717, 1.165) is 5.69 Å². The Hall–Kier alpha value is -2.95. The summed E-state index contributed by atoms with van der Waals surface area (Å²) < 4.78 is 15.4. The molecule has 23 heavy (non-hydrogen) atoms. The second-order valence-electron chi connectivity index (χ2n) is 5.25. The van der Waals surface area contributed by atoms with E-state index in [2.05, 4.69) is 5.10 Å². The fourth-order valence-electron chi connectivity index (χ4n) is 2.35. The number of rotatable bonds is 4. The van der Waals surface area contributed by atoms with Crippen LogP contribution in [-0.4, -0.2) is 27.6 Å². The van der Waals surface area contributed by atoms with Crippen molar-refractivity contribution < 1.29 is 9.18 Å². The van der Waals surface area contributed by atoms with Gasteiger partial charge in [-0.05, 0) is 36.4 Å². The zero-order valence-corrected chi connectivity index (χ0v) is 12.7. The number of hydrogen-bond donors (Lipinski definition) is 0. The molecule has 0 bridgehead atoms. The molecule has 5 heteroatoms. The molecule has 0 fully saturated rings. The third-order valence-electron chi connectivity index (χ3n) is 3.60. The molecule has 3 rings (SSSR count). The van der Waals surface area contributed by atoms with Crippen molar-refractivity contribution in [2.45, 2.75) is 6.54 Å². The lowest BCUT2D eigenvalue weighted by Crippen LogP contribution is -2.26. The highest BCUT2D eigenvalue weighted by atomic mass is 19.1. The molecule has 1 amide bonds. The van der Waals surface area contributed by atoms with Crippen LogP contribution in [0.4, 0.5) is 4.39 Å². The maximum Gasteiger partial charge on any atom is 0.253 e. The van der Waals surface area contributed by atoms with Crippen molar-refractivity contribution in [2.24, 2.45) is 0 Å². The molecular weight excluding hydrogens is 293 g/mol. The first-order valence-corrected chi connectivity index (χ1v) is 7.24. The van der Waals surface area contributed by atoms with Gasteiger partial charge in [0.2, 0.25) is 0 Å². The van der Waals surface area contributed by atoms with Gasteiger partial charge in [0.1, 0.15) is 5.82 Å². The molecule has 0 saturated carbocycles. The Bertz CT molecular complexity index is 797. The summed E-state index contributed by atoms with van der Waals surface area (Å²) in [6, 6.07) is 15.5. The van der Waals surface area contributed by atoms with E-state index in [-0.39, 0.29) is 18.3 Å². The second kappa shape index (κ2) is 6.44. The number of carbonyl (C=O) groups is 1. The van der Waals surface area contributed by atoms with Crippen molar-refractivity contribution in [3.8, 4) is 5.69 Å². The predicted molar refractivity (Wildman–Crippen MR) is 85.8 cm³/mol. The van der Waals surface area contributed by atoms with Crippen LogP contribution in [0.25, 0.3) is 5.69 Å². The quantitative estimate of drug-likeness (QED) is 0.742. The smallest absolute Gasteiger partial charge is 0.253 e. The minimum Gasteiger partial charge on any atom is -0.337 e. The van der Waals surface area contributed by atoms with Gasteiger partial charge in [-0.25, -0.2) is 9.07 Å². The van der Waals surface area contributed by atoms with Crippen LogP contribution in [0.15, 0.2) is 67.0 Å². The van der Waals surface area contributed by atoms with E-state index < -0.39 is 0 Å². The molecule has 0 unspecified atom stereocenters. The summed E-state index contributed by atoms with van der Waals surface area (Å²) in [4.78, 5) is 13.9. The van der Waals surface area contributed by atoms with Crippen molar-refractivity contribution in [2.75, 3.05) is 7.05 Å². The van der Waals surface area contributed by atoms with Gasteiger partial charge in [-0.1, -0.05) is 18.2 Å². The molecule has 3 aromatic rings. The molecular formula is C18H16FN3O. The van der Waals surface area contributed by atoms with Gasteiger partial charge in [-0.15, -0.1) is 0 Å². The van der Waals surface area contributed by atoms with Crippen molar-refractivity contribution >= 4 is 5.91 Å². The summed E-state index contributed by atoms with van der Waals surface area (Å²) in [5.41, 5.74) is 1.93. The number of carbonyl (C=O) groups excluding carboxylic acids is 1. The number of amides is 1. The number of benzene rings is 2. The molecule has 0 radical (unpaired) electrons. The van der Waals surface area contributed by atoms with Gasteiger partial charge in [-0.2, -0.15) is 5.10 Å². The molecule has 0 aliphatic heterocycles. The maximum atomic E-state index is 13.7. The first-order valence-electron chi connectivity index (χ1n) is 7.24. The van der Waals surface area contributed by atoms with E-state index in [9.17, 15) is 9.18 Å². The Balaban J connectivity index is 1.73. The average Bonchev–Trinajstić information content (AvgIpc) is 3.11. The van der Waals surface area contributed by atoms with E-state index in [4.69, 9.17) is 0 Å². The van der Waals surface area contributed by atoms with E-state index in [1.165, 1.54) is 11.0 Å². The molecule has 0 aliphatic carbocycles. The van der Waals surface area contributed by atoms with Crippen molar-refractivity contribution in [1.29, 1.82) is 0 Å². The molecule has 1 heterocycles. The fraction of sp³-hybridized carbons (Fsp3) is 0.111. The van der Waals surface area contributed by atoms with Crippen LogP contribution in [0.1, 0.15) is 15.9 Å². The first-order chi connectivity index (χ1) is 11.1. The van der Waals surface area contributed by atoms with Gasteiger partial charge in [0.15, 0.2) is 0 Å².